The molecule has 0 spiro atoms. The largest absolute Gasteiger partial charge is 0.356 e. The van der Waals surface area contributed by atoms with E-state index in [9.17, 15) is 0 Å². The van der Waals surface area contributed by atoms with Crippen molar-refractivity contribution in [3.05, 3.63) is 52.8 Å². The molecule has 1 aromatic carbocycles. The number of hydrogen-bond acceptors (Lipinski definition) is 3. The molecule has 0 radical (unpaired) electrons. The Balaban J connectivity index is 0.00000341. The number of rotatable bonds is 8. The third kappa shape index (κ3) is 8.44. The molecule has 2 N–H and O–H groups in total. The van der Waals surface area contributed by atoms with Gasteiger partial charge in [-0.1, -0.05) is 37.6 Å². The maximum absolute atomic E-state index is 4.56. The Morgan fingerprint density at radius 1 is 1.06 bits per heavy atom. The van der Waals surface area contributed by atoms with E-state index in [4.69, 9.17) is 0 Å². The van der Waals surface area contributed by atoms with Crippen LogP contribution in [0.4, 0.5) is 0 Å². The van der Waals surface area contributed by atoms with Crippen molar-refractivity contribution in [2.75, 3.05) is 26.7 Å². The summed E-state index contributed by atoms with van der Waals surface area (Å²) in [6.45, 7) is 12.5. The smallest absolute Gasteiger partial charge is 0.191 e. The van der Waals surface area contributed by atoms with Gasteiger partial charge in [0.15, 0.2) is 5.96 Å². The summed E-state index contributed by atoms with van der Waals surface area (Å²) in [5, 5.41) is 11.4. The predicted molar refractivity (Wildman–Crippen MR) is 140 cm³/mol. The van der Waals surface area contributed by atoms with E-state index < -0.39 is 0 Å². The number of piperidine rings is 1. The van der Waals surface area contributed by atoms with Gasteiger partial charge in [0.2, 0.25) is 0 Å². The highest BCUT2D eigenvalue weighted by atomic mass is 127. The highest BCUT2D eigenvalue weighted by molar-refractivity contribution is 14.0. The van der Waals surface area contributed by atoms with Crippen LogP contribution in [0, 0.1) is 19.8 Å². The van der Waals surface area contributed by atoms with Crippen LogP contribution in [0.3, 0.4) is 0 Å². The first-order chi connectivity index (χ1) is 14.5. The van der Waals surface area contributed by atoms with E-state index in [1.807, 2.05) is 14.0 Å². The Kier molecular flexibility index (Phi) is 10.8. The van der Waals surface area contributed by atoms with Gasteiger partial charge in [0.05, 0.1) is 5.69 Å². The second-order valence-corrected chi connectivity index (χ2v) is 8.67. The molecule has 2 heterocycles. The van der Waals surface area contributed by atoms with Gasteiger partial charge in [-0.3, -0.25) is 14.6 Å². The van der Waals surface area contributed by atoms with Gasteiger partial charge in [-0.15, -0.1) is 24.0 Å². The van der Waals surface area contributed by atoms with Crippen LogP contribution < -0.4 is 10.6 Å². The van der Waals surface area contributed by atoms with E-state index in [1.165, 1.54) is 49.2 Å². The number of guanidine groups is 1. The van der Waals surface area contributed by atoms with Gasteiger partial charge in [-0.05, 0) is 62.9 Å². The van der Waals surface area contributed by atoms with E-state index >= 15 is 0 Å². The Bertz CT molecular complexity index is 808. The summed E-state index contributed by atoms with van der Waals surface area (Å²) < 4.78 is 2.09. The van der Waals surface area contributed by atoms with E-state index in [1.54, 1.807) is 0 Å². The van der Waals surface area contributed by atoms with Gasteiger partial charge in [0.25, 0.3) is 0 Å². The Morgan fingerprint density at radius 2 is 1.74 bits per heavy atom. The molecule has 1 aliphatic heterocycles. The minimum Gasteiger partial charge on any atom is -0.356 e. The molecule has 1 saturated heterocycles. The summed E-state index contributed by atoms with van der Waals surface area (Å²) in [5.74, 6) is 1.29. The van der Waals surface area contributed by atoms with Gasteiger partial charge in [0, 0.05) is 38.9 Å². The van der Waals surface area contributed by atoms with Crippen molar-refractivity contribution in [3.8, 4) is 0 Å². The third-order valence-electron chi connectivity index (χ3n) is 5.77. The van der Waals surface area contributed by atoms with Crippen LogP contribution in [0.2, 0.25) is 0 Å². The maximum atomic E-state index is 4.56. The lowest BCUT2D eigenvalue weighted by Gasteiger charge is -2.26. The molecule has 172 valence electrons. The van der Waals surface area contributed by atoms with Crippen molar-refractivity contribution in [1.82, 2.24) is 25.3 Å². The molecular formula is C24H39IN6. The van der Waals surface area contributed by atoms with Crippen molar-refractivity contribution in [3.63, 3.8) is 0 Å². The maximum Gasteiger partial charge on any atom is 0.191 e. The van der Waals surface area contributed by atoms with E-state index in [0.29, 0.717) is 5.92 Å². The number of hydrogen-bond donors (Lipinski definition) is 2. The monoisotopic (exact) mass is 538 g/mol. The van der Waals surface area contributed by atoms with E-state index in [-0.39, 0.29) is 24.0 Å². The molecule has 0 amide bonds. The number of nitrogens with zero attached hydrogens (tertiary/aromatic N) is 4. The lowest BCUT2D eigenvalue weighted by atomic mass is 10.1. The van der Waals surface area contributed by atoms with Crippen molar-refractivity contribution in [2.24, 2.45) is 10.9 Å². The topological polar surface area (TPSA) is 57.5 Å². The molecule has 1 aliphatic rings. The number of halogens is 1. The predicted octanol–water partition coefficient (Wildman–Crippen LogP) is 4.11. The number of aromatic nitrogens is 2. The summed E-state index contributed by atoms with van der Waals surface area (Å²) in [6, 6.07) is 11.1. The summed E-state index contributed by atoms with van der Waals surface area (Å²) in [6.07, 6.45) is 4.07. The molecule has 31 heavy (non-hydrogen) atoms. The summed E-state index contributed by atoms with van der Waals surface area (Å²) in [5.41, 5.74) is 4.97. The van der Waals surface area contributed by atoms with Gasteiger partial charge in [-0.25, -0.2) is 0 Å². The summed E-state index contributed by atoms with van der Waals surface area (Å²) >= 11 is 0. The first kappa shape index (κ1) is 25.6. The van der Waals surface area contributed by atoms with Crippen LogP contribution >= 0.6 is 24.0 Å². The molecule has 7 heteroatoms. The van der Waals surface area contributed by atoms with Crippen LogP contribution in [0.1, 0.15) is 48.7 Å². The van der Waals surface area contributed by atoms with Crippen molar-refractivity contribution >= 4 is 29.9 Å². The highest BCUT2D eigenvalue weighted by Crippen LogP contribution is 2.13. The summed E-state index contributed by atoms with van der Waals surface area (Å²) in [4.78, 5) is 6.93. The van der Waals surface area contributed by atoms with Crippen LogP contribution in [0.15, 0.2) is 35.3 Å². The number of likely N-dealkylation sites (tertiary alicyclic amines) is 1. The molecular weight excluding hydrogens is 499 g/mol. The van der Waals surface area contributed by atoms with Gasteiger partial charge in [-0.2, -0.15) is 5.10 Å². The second-order valence-electron chi connectivity index (χ2n) is 8.67. The number of nitrogens with one attached hydrogen (secondary N) is 2. The lowest BCUT2D eigenvalue weighted by molar-refractivity contribution is 0.221. The Morgan fingerprint density at radius 3 is 2.35 bits per heavy atom. The molecule has 6 nitrogen and oxygen atoms in total. The van der Waals surface area contributed by atoms with E-state index in [2.05, 4.69) is 74.5 Å². The average molecular weight is 539 g/mol. The molecule has 0 saturated carbocycles. The zero-order valence-corrected chi connectivity index (χ0v) is 21.9. The minimum absolute atomic E-state index is 0. The van der Waals surface area contributed by atoms with E-state index in [0.717, 1.165) is 37.8 Å². The highest BCUT2D eigenvalue weighted by Gasteiger charge is 2.11. The molecule has 3 rings (SSSR count). The molecule has 1 atom stereocenters. The fourth-order valence-electron chi connectivity index (χ4n) is 4.04. The summed E-state index contributed by atoms with van der Waals surface area (Å²) in [7, 11) is 1.82. The Hall–Kier alpha value is -1.61. The zero-order chi connectivity index (χ0) is 21.3. The lowest BCUT2D eigenvalue weighted by Crippen LogP contribution is -2.39. The van der Waals surface area contributed by atoms with Crippen molar-refractivity contribution in [1.29, 1.82) is 0 Å². The van der Waals surface area contributed by atoms with Crippen LogP contribution in [0.25, 0.3) is 0 Å². The van der Waals surface area contributed by atoms with Crippen molar-refractivity contribution in [2.45, 2.75) is 59.7 Å². The second kappa shape index (κ2) is 13.1. The quantitative estimate of drug-likeness (QED) is 0.302. The average Bonchev–Trinajstić information content (AvgIpc) is 3.06. The molecule has 1 unspecified atom stereocenters. The Labute approximate surface area is 204 Å². The fraction of sp³-hybridized carbons (Fsp3) is 0.583. The number of benzene rings is 1. The normalized spacial score (nSPS) is 15.9. The fourth-order valence-corrected chi connectivity index (χ4v) is 4.04. The zero-order valence-electron chi connectivity index (χ0n) is 19.5. The minimum atomic E-state index is 0. The van der Waals surface area contributed by atoms with Crippen LogP contribution in [-0.2, 0) is 19.6 Å². The molecule has 1 fully saturated rings. The number of aliphatic imine (C=N–C) groups is 1. The molecule has 1 aromatic heterocycles. The molecule has 0 bridgehead atoms. The van der Waals surface area contributed by atoms with Crippen LogP contribution in [-0.4, -0.2) is 47.3 Å². The van der Waals surface area contributed by atoms with Gasteiger partial charge in [0.1, 0.15) is 0 Å². The third-order valence-corrected chi connectivity index (χ3v) is 5.77. The van der Waals surface area contributed by atoms with Crippen LogP contribution in [0.5, 0.6) is 0 Å². The van der Waals surface area contributed by atoms with Gasteiger partial charge >= 0.3 is 0 Å². The SMILES string of the molecule is CN=C(NCc1ccc(CN2CCCCC2)cc1)NCC(C)Cn1nc(C)cc1C.I. The first-order valence-corrected chi connectivity index (χ1v) is 11.3. The molecule has 0 aliphatic carbocycles. The molecule has 2 aromatic rings. The number of aryl methyl sites for hydroxylation is 2. The standard InChI is InChI=1S/C24H38N6.HI/c1-19(17-30-21(3)14-20(2)28-30)15-26-24(25-4)27-16-22-8-10-23(11-9-22)18-29-12-6-5-7-13-29;/h8-11,14,19H,5-7,12-13,15-18H2,1-4H3,(H2,25,26,27);1H. The first-order valence-electron chi connectivity index (χ1n) is 11.3. The van der Waals surface area contributed by atoms with Crippen molar-refractivity contribution < 1.29 is 0 Å². The van der Waals surface area contributed by atoms with Gasteiger partial charge < -0.3 is 10.6 Å².